The van der Waals surface area contributed by atoms with Crippen LogP contribution in [0.15, 0.2) is 23.8 Å². The molecule has 2 N–H and O–H groups in total. The lowest BCUT2D eigenvalue weighted by Crippen LogP contribution is -2.83. The molecule has 0 saturated carbocycles. The summed E-state index contributed by atoms with van der Waals surface area (Å²) in [6, 6.07) is 0.537. The van der Waals surface area contributed by atoms with Gasteiger partial charge in [0.25, 0.3) is 0 Å². The van der Waals surface area contributed by atoms with Crippen LogP contribution in [0.3, 0.4) is 0 Å². The number of rotatable bonds is 0. The van der Waals surface area contributed by atoms with Crippen LogP contribution >= 0.6 is 0 Å². The van der Waals surface area contributed by atoms with Gasteiger partial charge in [-0.05, 0) is 18.4 Å². The number of hydrazine groups is 1. The molecule has 0 aromatic rings. The smallest absolute Gasteiger partial charge is 0.191 e. The van der Waals surface area contributed by atoms with Gasteiger partial charge in [0.15, 0.2) is 6.21 Å². The van der Waals surface area contributed by atoms with E-state index in [0.29, 0.717) is 6.04 Å². The van der Waals surface area contributed by atoms with Gasteiger partial charge in [0, 0.05) is 6.08 Å². The van der Waals surface area contributed by atoms with Crippen LogP contribution in [-0.2, 0) is 0 Å². The first-order chi connectivity index (χ1) is 4.97. The summed E-state index contributed by atoms with van der Waals surface area (Å²) in [5, 5.41) is 3.00. The number of hydrogen-bond acceptors (Lipinski definition) is 1. The van der Waals surface area contributed by atoms with Gasteiger partial charge in [-0.1, -0.05) is 12.2 Å². The van der Waals surface area contributed by atoms with Crippen LogP contribution in [0.5, 0.6) is 0 Å². The van der Waals surface area contributed by atoms with E-state index in [4.69, 9.17) is 0 Å². The minimum atomic E-state index is 0.537. The highest BCUT2D eigenvalue weighted by atomic mass is 15.3. The van der Waals surface area contributed by atoms with Crippen LogP contribution in [0.1, 0.15) is 12.8 Å². The fourth-order valence-corrected chi connectivity index (χ4v) is 1.38. The number of nitrogens with one attached hydrogen (secondary N) is 2. The van der Waals surface area contributed by atoms with Crippen LogP contribution < -0.4 is 10.5 Å². The summed E-state index contributed by atoms with van der Waals surface area (Å²) in [4.78, 5) is 0. The molecule has 2 aliphatic rings. The third kappa shape index (κ3) is 0.856. The van der Waals surface area contributed by atoms with Gasteiger partial charge in [0.1, 0.15) is 6.04 Å². The number of hydrogen-bond donors (Lipinski definition) is 2. The molecule has 1 heterocycles. The van der Waals surface area contributed by atoms with Crippen LogP contribution in [0.4, 0.5) is 0 Å². The molecule has 1 atom stereocenters. The maximum Gasteiger partial charge on any atom is 0.191 e. The number of hydrazone groups is 1. The van der Waals surface area contributed by atoms with E-state index in [-0.39, 0.29) is 0 Å². The molecule has 0 radical (unpaired) electrons. The first-order valence-corrected chi connectivity index (χ1v) is 3.68. The Kier molecular flexibility index (Phi) is 1.31. The van der Waals surface area contributed by atoms with Gasteiger partial charge >= 0.3 is 0 Å². The van der Waals surface area contributed by atoms with Crippen molar-refractivity contribution in [2.45, 2.75) is 18.9 Å². The molecule has 0 aromatic heterocycles. The average molecular weight is 135 g/mol. The zero-order valence-corrected chi connectivity index (χ0v) is 5.80. The van der Waals surface area contributed by atoms with Gasteiger partial charge in [-0.25, -0.2) is 0 Å². The van der Waals surface area contributed by atoms with Gasteiger partial charge in [-0.2, -0.15) is 5.43 Å². The maximum absolute atomic E-state index is 3.20. The summed E-state index contributed by atoms with van der Waals surface area (Å²) in [5.41, 5.74) is 4.59. The molecule has 0 aromatic carbocycles. The highest BCUT2D eigenvalue weighted by Gasteiger charge is 2.17. The molecule has 10 heavy (non-hydrogen) atoms. The van der Waals surface area contributed by atoms with Gasteiger partial charge in [-0.3, -0.25) is 0 Å². The highest BCUT2D eigenvalue weighted by Crippen LogP contribution is 2.15. The topological polar surface area (TPSA) is 26.0 Å². The van der Waals surface area contributed by atoms with Gasteiger partial charge in [0.05, 0.1) is 0 Å². The van der Waals surface area contributed by atoms with Crippen molar-refractivity contribution in [3.8, 4) is 0 Å². The minimum absolute atomic E-state index is 0.537. The van der Waals surface area contributed by atoms with Crippen LogP contribution in [0, 0.1) is 0 Å². The van der Waals surface area contributed by atoms with E-state index in [1.807, 2.05) is 6.21 Å². The summed E-state index contributed by atoms with van der Waals surface area (Å²) in [5.74, 6) is 0. The Bertz CT molecular complexity index is 213. The van der Waals surface area contributed by atoms with Crippen LogP contribution in [0.2, 0.25) is 0 Å². The first-order valence-electron chi connectivity index (χ1n) is 3.68. The lowest BCUT2D eigenvalue weighted by molar-refractivity contribution is -0.528. The molecule has 0 spiro atoms. The van der Waals surface area contributed by atoms with Crippen LogP contribution in [0.25, 0.3) is 0 Å². The number of fused-ring (bicyclic) bond motifs is 1. The van der Waals surface area contributed by atoms with Crippen molar-refractivity contribution in [3.05, 3.63) is 23.8 Å². The lowest BCUT2D eigenvalue weighted by Gasteiger charge is -2.18. The largest absolute Gasteiger partial charge is 0.193 e. The predicted molar refractivity (Wildman–Crippen MR) is 40.4 cm³/mol. The van der Waals surface area contributed by atoms with E-state index in [9.17, 15) is 0 Å². The lowest BCUT2D eigenvalue weighted by atomic mass is 9.96. The fraction of sp³-hybridized carbons (Fsp3) is 0.375. The monoisotopic (exact) mass is 135 g/mol. The molecule has 1 unspecified atom stereocenters. The van der Waals surface area contributed by atoms with E-state index >= 15 is 0 Å². The van der Waals surface area contributed by atoms with Gasteiger partial charge < -0.3 is 0 Å². The maximum atomic E-state index is 3.20. The molecule has 0 saturated heterocycles. The SMILES string of the molecule is C1=CC2=CC=[NH+]NC2CC1. The molecular weight excluding hydrogens is 124 g/mol. The Hall–Kier alpha value is -1.05. The summed E-state index contributed by atoms with van der Waals surface area (Å²) >= 11 is 0. The molecule has 52 valence electrons. The second kappa shape index (κ2) is 2.29. The van der Waals surface area contributed by atoms with Gasteiger partial charge in [-0.15, -0.1) is 5.10 Å². The van der Waals surface area contributed by atoms with Crippen molar-refractivity contribution in [3.63, 3.8) is 0 Å². The highest BCUT2D eigenvalue weighted by molar-refractivity contribution is 5.69. The Morgan fingerprint density at radius 2 is 2.60 bits per heavy atom. The molecule has 2 nitrogen and oxygen atoms in total. The summed E-state index contributed by atoms with van der Waals surface area (Å²) < 4.78 is 0. The molecule has 2 rings (SSSR count). The second-order valence-electron chi connectivity index (χ2n) is 2.65. The summed E-state index contributed by atoms with van der Waals surface area (Å²) in [6.07, 6.45) is 10.9. The predicted octanol–water partition coefficient (Wildman–Crippen LogP) is -0.699. The van der Waals surface area contributed by atoms with Crippen molar-refractivity contribution >= 4 is 6.21 Å². The molecule has 1 aliphatic carbocycles. The van der Waals surface area contributed by atoms with E-state index in [1.54, 1.807) is 0 Å². The Labute approximate surface area is 60.3 Å². The minimum Gasteiger partial charge on any atom is -0.193 e. The molecule has 0 amide bonds. The molecule has 2 heteroatoms. The Morgan fingerprint density at radius 1 is 1.60 bits per heavy atom. The first kappa shape index (κ1) is 5.71. The summed E-state index contributed by atoms with van der Waals surface area (Å²) in [7, 11) is 0. The fourth-order valence-electron chi connectivity index (χ4n) is 1.38. The Balaban J connectivity index is 2.27. The van der Waals surface area contributed by atoms with Crippen molar-refractivity contribution in [2.24, 2.45) is 0 Å². The zero-order chi connectivity index (χ0) is 6.81. The normalized spacial score (nSPS) is 28.8. The van der Waals surface area contributed by atoms with Crippen molar-refractivity contribution < 1.29 is 5.10 Å². The quantitative estimate of drug-likeness (QED) is 0.451. The molecule has 0 bridgehead atoms. The standard InChI is InChI=1S/C8H10N2/c1-2-4-8-7(3-1)5-6-9-10-8/h1,3,5-6,8,10H,2,4H2/p+1. The van der Waals surface area contributed by atoms with Gasteiger partial charge in [0.2, 0.25) is 0 Å². The van der Waals surface area contributed by atoms with E-state index < -0.39 is 0 Å². The second-order valence-corrected chi connectivity index (χ2v) is 2.65. The third-order valence-electron chi connectivity index (χ3n) is 1.95. The van der Waals surface area contributed by atoms with Crippen molar-refractivity contribution in [2.75, 3.05) is 0 Å². The van der Waals surface area contributed by atoms with Crippen molar-refractivity contribution in [1.82, 2.24) is 5.43 Å². The molecule has 1 aliphatic heterocycles. The van der Waals surface area contributed by atoms with Crippen LogP contribution in [-0.4, -0.2) is 12.3 Å². The molecule has 0 fully saturated rings. The Morgan fingerprint density at radius 3 is 3.50 bits per heavy atom. The third-order valence-corrected chi connectivity index (χ3v) is 1.95. The molecular formula is C8H11N2+. The zero-order valence-electron chi connectivity index (χ0n) is 5.80. The summed E-state index contributed by atoms with van der Waals surface area (Å²) in [6.45, 7) is 0. The average Bonchev–Trinajstić information content (AvgIpc) is 2.05. The number of allylic oxidation sites excluding steroid dienone is 2. The van der Waals surface area contributed by atoms with E-state index in [1.165, 1.54) is 18.4 Å². The van der Waals surface area contributed by atoms with E-state index in [0.717, 1.165) is 0 Å². The van der Waals surface area contributed by atoms with Crippen molar-refractivity contribution in [1.29, 1.82) is 0 Å². The van der Waals surface area contributed by atoms with E-state index in [2.05, 4.69) is 28.8 Å².